The number of carbonyl (C=O) groups excluding carboxylic acids is 1. The van der Waals surface area contributed by atoms with Crippen LogP contribution in [0.15, 0.2) is 0 Å². The van der Waals surface area contributed by atoms with Crippen LogP contribution in [0, 0.1) is 17.8 Å². The van der Waals surface area contributed by atoms with Gasteiger partial charge in [0.2, 0.25) is 5.91 Å². The minimum atomic E-state index is 0.232. The Morgan fingerprint density at radius 1 is 1.44 bits per heavy atom. The lowest BCUT2D eigenvalue weighted by Crippen LogP contribution is -2.35. The monoisotopic (exact) mass is 224 g/mol. The Morgan fingerprint density at radius 2 is 2.25 bits per heavy atom. The van der Waals surface area contributed by atoms with Crippen molar-refractivity contribution in [2.24, 2.45) is 23.5 Å². The van der Waals surface area contributed by atoms with Crippen LogP contribution >= 0.6 is 0 Å². The van der Waals surface area contributed by atoms with E-state index in [9.17, 15) is 4.79 Å². The first-order valence-corrected chi connectivity index (χ1v) is 6.68. The zero-order chi connectivity index (χ0) is 11.5. The molecule has 1 amide bonds. The first-order chi connectivity index (χ1) is 7.69. The molecule has 4 unspecified atom stereocenters. The molecule has 4 atom stereocenters. The largest absolute Gasteiger partial charge is 0.354 e. The Kier molecular flexibility index (Phi) is 3.85. The second-order valence-corrected chi connectivity index (χ2v) is 5.68. The van der Waals surface area contributed by atoms with Crippen molar-refractivity contribution >= 4 is 5.91 Å². The first-order valence-electron chi connectivity index (χ1n) is 6.68. The molecule has 92 valence electrons. The molecule has 0 radical (unpaired) electrons. The van der Waals surface area contributed by atoms with Gasteiger partial charge in [0.05, 0.1) is 0 Å². The fourth-order valence-corrected chi connectivity index (χ4v) is 3.52. The van der Waals surface area contributed by atoms with Gasteiger partial charge in [-0.3, -0.25) is 4.79 Å². The smallest absolute Gasteiger partial charge is 0.220 e. The van der Waals surface area contributed by atoms with Gasteiger partial charge < -0.3 is 11.1 Å². The van der Waals surface area contributed by atoms with E-state index in [1.165, 1.54) is 25.7 Å². The van der Waals surface area contributed by atoms with Crippen molar-refractivity contribution in [3.8, 4) is 0 Å². The third-order valence-corrected chi connectivity index (χ3v) is 4.34. The lowest BCUT2D eigenvalue weighted by molar-refractivity contribution is -0.123. The van der Waals surface area contributed by atoms with Crippen molar-refractivity contribution < 1.29 is 4.79 Å². The van der Waals surface area contributed by atoms with Crippen LogP contribution in [0.1, 0.15) is 45.4 Å². The van der Waals surface area contributed by atoms with Gasteiger partial charge in [-0.15, -0.1) is 0 Å². The first kappa shape index (κ1) is 11.9. The number of amides is 1. The second-order valence-electron chi connectivity index (χ2n) is 5.68. The molecule has 2 rings (SSSR count). The topological polar surface area (TPSA) is 55.1 Å². The Bertz CT molecular complexity index is 254. The zero-order valence-corrected chi connectivity index (χ0v) is 10.2. The van der Waals surface area contributed by atoms with E-state index in [4.69, 9.17) is 5.73 Å². The van der Waals surface area contributed by atoms with Gasteiger partial charge in [0.15, 0.2) is 0 Å². The van der Waals surface area contributed by atoms with Crippen LogP contribution in [-0.4, -0.2) is 18.5 Å². The maximum atomic E-state index is 11.8. The molecule has 0 aromatic rings. The molecule has 2 fully saturated rings. The molecule has 2 saturated carbocycles. The summed E-state index contributed by atoms with van der Waals surface area (Å²) in [6.45, 7) is 2.68. The number of hydrogen-bond donors (Lipinski definition) is 2. The normalized spacial score (nSPS) is 34.0. The zero-order valence-electron chi connectivity index (χ0n) is 10.2. The highest BCUT2D eigenvalue weighted by atomic mass is 16.1. The third-order valence-electron chi connectivity index (χ3n) is 4.34. The molecule has 0 aromatic heterocycles. The summed E-state index contributed by atoms with van der Waals surface area (Å²) in [6, 6.07) is 0.232. The molecule has 2 aliphatic rings. The average molecular weight is 224 g/mol. The summed E-state index contributed by atoms with van der Waals surface area (Å²) in [4.78, 5) is 11.8. The van der Waals surface area contributed by atoms with E-state index in [0.29, 0.717) is 12.5 Å². The summed E-state index contributed by atoms with van der Waals surface area (Å²) < 4.78 is 0. The highest BCUT2D eigenvalue weighted by Crippen LogP contribution is 2.49. The molecule has 0 heterocycles. The molecule has 16 heavy (non-hydrogen) atoms. The molecule has 0 spiro atoms. The van der Waals surface area contributed by atoms with Crippen LogP contribution in [-0.2, 0) is 4.79 Å². The standard InChI is InChI=1S/C13H24N2O/c1-9(4-5-14)15-13(16)8-12-7-10-2-3-11(12)6-10/h9-12H,2-8,14H2,1H3,(H,15,16). The van der Waals surface area contributed by atoms with Crippen LogP contribution in [0.3, 0.4) is 0 Å². The van der Waals surface area contributed by atoms with Gasteiger partial charge in [-0.25, -0.2) is 0 Å². The fourth-order valence-electron chi connectivity index (χ4n) is 3.52. The van der Waals surface area contributed by atoms with E-state index >= 15 is 0 Å². The molecule has 3 heteroatoms. The minimum Gasteiger partial charge on any atom is -0.354 e. The van der Waals surface area contributed by atoms with Gasteiger partial charge in [-0.1, -0.05) is 6.42 Å². The van der Waals surface area contributed by atoms with Crippen LogP contribution in [0.5, 0.6) is 0 Å². The summed E-state index contributed by atoms with van der Waals surface area (Å²) in [7, 11) is 0. The number of carbonyl (C=O) groups is 1. The van der Waals surface area contributed by atoms with Crippen molar-refractivity contribution in [2.45, 2.75) is 51.5 Å². The number of hydrogen-bond acceptors (Lipinski definition) is 2. The third kappa shape index (κ3) is 2.76. The van der Waals surface area contributed by atoms with Gasteiger partial charge in [-0.05, 0) is 56.9 Å². The predicted octanol–water partition coefficient (Wildman–Crippen LogP) is 1.67. The quantitative estimate of drug-likeness (QED) is 0.746. The number of nitrogens with one attached hydrogen (secondary N) is 1. The van der Waals surface area contributed by atoms with E-state index < -0.39 is 0 Å². The Balaban J connectivity index is 1.71. The SMILES string of the molecule is CC(CCN)NC(=O)CC1CC2CCC1C2. The van der Waals surface area contributed by atoms with Gasteiger partial charge >= 0.3 is 0 Å². The molecule has 0 saturated heterocycles. The molecule has 0 aliphatic heterocycles. The summed E-state index contributed by atoms with van der Waals surface area (Å²) in [5.74, 6) is 2.69. The number of fused-ring (bicyclic) bond motifs is 2. The molecule has 3 N–H and O–H groups in total. The average Bonchev–Trinajstić information content (AvgIpc) is 2.78. The van der Waals surface area contributed by atoms with Gasteiger partial charge in [0.1, 0.15) is 0 Å². The molecule has 2 aliphatic carbocycles. The molecule has 0 aromatic carbocycles. The highest BCUT2D eigenvalue weighted by Gasteiger charge is 2.40. The summed E-state index contributed by atoms with van der Waals surface area (Å²) in [5, 5.41) is 3.05. The second kappa shape index (κ2) is 5.17. The maximum absolute atomic E-state index is 11.8. The maximum Gasteiger partial charge on any atom is 0.220 e. The van der Waals surface area contributed by atoms with Crippen molar-refractivity contribution in [1.82, 2.24) is 5.32 Å². The van der Waals surface area contributed by atoms with Crippen LogP contribution in [0.25, 0.3) is 0 Å². The van der Waals surface area contributed by atoms with Gasteiger partial charge in [0.25, 0.3) is 0 Å². The van der Waals surface area contributed by atoms with E-state index in [1.807, 2.05) is 6.92 Å². The Labute approximate surface area is 98.2 Å². The van der Waals surface area contributed by atoms with E-state index in [2.05, 4.69) is 5.32 Å². The van der Waals surface area contributed by atoms with Gasteiger partial charge in [-0.2, -0.15) is 0 Å². The summed E-state index contributed by atoms with van der Waals surface area (Å²) in [5.41, 5.74) is 5.47. The van der Waals surface area contributed by atoms with Crippen molar-refractivity contribution in [3.63, 3.8) is 0 Å². The lowest BCUT2D eigenvalue weighted by atomic mass is 9.86. The van der Waals surface area contributed by atoms with E-state index in [0.717, 1.165) is 24.7 Å². The highest BCUT2D eigenvalue weighted by molar-refractivity contribution is 5.76. The van der Waals surface area contributed by atoms with Crippen LogP contribution in [0.4, 0.5) is 0 Å². The van der Waals surface area contributed by atoms with Crippen molar-refractivity contribution in [3.05, 3.63) is 0 Å². The predicted molar refractivity (Wildman–Crippen MR) is 64.8 cm³/mol. The van der Waals surface area contributed by atoms with Crippen LogP contribution < -0.4 is 11.1 Å². The Hall–Kier alpha value is -0.570. The van der Waals surface area contributed by atoms with Gasteiger partial charge in [0, 0.05) is 12.5 Å². The van der Waals surface area contributed by atoms with Crippen molar-refractivity contribution in [1.29, 1.82) is 0 Å². The Morgan fingerprint density at radius 3 is 2.81 bits per heavy atom. The molecule has 2 bridgehead atoms. The van der Waals surface area contributed by atoms with Crippen molar-refractivity contribution in [2.75, 3.05) is 6.54 Å². The number of rotatable bonds is 5. The molecular weight excluding hydrogens is 200 g/mol. The lowest BCUT2D eigenvalue weighted by Gasteiger charge is -2.22. The van der Waals surface area contributed by atoms with E-state index in [1.54, 1.807) is 0 Å². The van der Waals surface area contributed by atoms with E-state index in [-0.39, 0.29) is 11.9 Å². The molecular formula is C13H24N2O. The molecule has 3 nitrogen and oxygen atoms in total. The minimum absolute atomic E-state index is 0.232. The summed E-state index contributed by atoms with van der Waals surface area (Å²) >= 11 is 0. The van der Waals surface area contributed by atoms with Crippen LogP contribution in [0.2, 0.25) is 0 Å². The summed E-state index contributed by atoms with van der Waals surface area (Å²) in [6.07, 6.45) is 7.07. The fraction of sp³-hybridized carbons (Fsp3) is 0.923. The number of nitrogens with two attached hydrogens (primary N) is 1.